The minimum Gasteiger partial charge on any atom is -0.388 e. The van der Waals surface area contributed by atoms with Gasteiger partial charge in [0, 0.05) is 46.1 Å². The summed E-state index contributed by atoms with van der Waals surface area (Å²) in [4.78, 5) is 13.8. The highest BCUT2D eigenvalue weighted by molar-refractivity contribution is 5.76. The second kappa shape index (κ2) is 7.38. The Bertz CT molecular complexity index is 312. The fraction of sp³-hybridized carbons (Fsp3) is 0.933. The van der Waals surface area contributed by atoms with Gasteiger partial charge in [-0.2, -0.15) is 0 Å². The summed E-state index contributed by atoms with van der Waals surface area (Å²) in [6.07, 6.45) is 3.46. The first-order valence-corrected chi connectivity index (χ1v) is 7.52. The Kier molecular flexibility index (Phi) is 6.43. The number of nitrogens with two attached hydrogens (primary N) is 1. The maximum atomic E-state index is 12.2. The van der Waals surface area contributed by atoms with E-state index in [4.69, 9.17) is 10.5 Å². The molecule has 1 heterocycles. The predicted molar refractivity (Wildman–Crippen MR) is 79.3 cm³/mol. The van der Waals surface area contributed by atoms with Gasteiger partial charge in [0.1, 0.15) is 0 Å². The number of nitrogens with zero attached hydrogens (tertiary/aromatic N) is 1. The summed E-state index contributed by atoms with van der Waals surface area (Å²) in [6.45, 7) is 6.46. The van der Waals surface area contributed by atoms with Crippen molar-refractivity contribution in [2.24, 2.45) is 11.1 Å². The molecule has 0 atom stereocenters. The monoisotopic (exact) mass is 286 g/mol. The van der Waals surface area contributed by atoms with Crippen molar-refractivity contribution < 1.29 is 14.6 Å². The molecule has 0 aromatic rings. The van der Waals surface area contributed by atoms with Gasteiger partial charge in [0.25, 0.3) is 0 Å². The molecule has 0 bridgehead atoms. The third-order valence-electron chi connectivity index (χ3n) is 4.22. The number of carbonyl (C=O) groups excluding carboxylic acids is 1. The van der Waals surface area contributed by atoms with Crippen molar-refractivity contribution in [1.29, 1.82) is 0 Å². The van der Waals surface area contributed by atoms with Crippen molar-refractivity contribution in [3.05, 3.63) is 0 Å². The topological polar surface area (TPSA) is 75.8 Å². The Morgan fingerprint density at radius 3 is 2.50 bits per heavy atom. The van der Waals surface area contributed by atoms with E-state index < -0.39 is 5.60 Å². The van der Waals surface area contributed by atoms with E-state index in [9.17, 15) is 9.90 Å². The molecule has 0 aliphatic carbocycles. The highest BCUT2D eigenvalue weighted by Gasteiger charge is 2.32. The van der Waals surface area contributed by atoms with Crippen molar-refractivity contribution in [3.63, 3.8) is 0 Å². The van der Waals surface area contributed by atoms with Gasteiger partial charge in [0.15, 0.2) is 0 Å². The summed E-state index contributed by atoms with van der Waals surface area (Å²) in [5.74, 6) is 0.0926. The van der Waals surface area contributed by atoms with Crippen molar-refractivity contribution >= 4 is 5.91 Å². The van der Waals surface area contributed by atoms with Crippen LogP contribution in [-0.4, -0.2) is 54.9 Å². The molecule has 0 saturated carbocycles. The maximum Gasteiger partial charge on any atom is 0.222 e. The van der Waals surface area contributed by atoms with Gasteiger partial charge in [0.2, 0.25) is 5.91 Å². The fourth-order valence-corrected chi connectivity index (χ4v) is 2.59. The molecule has 1 aliphatic rings. The van der Waals surface area contributed by atoms with Crippen LogP contribution in [0.1, 0.15) is 46.0 Å². The summed E-state index contributed by atoms with van der Waals surface area (Å²) < 4.78 is 5.25. The third kappa shape index (κ3) is 5.77. The SMILES string of the molecule is CN(CC1(O)CCOCC1)C(=O)CCC(C)(C)CCN. The molecule has 3 N–H and O–H groups in total. The highest BCUT2D eigenvalue weighted by atomic mass is 16.5. The lowest BCUT2D eigenvalue weighted by atomic mass is 9.84. The molecule has 5 nitrogen and oxygen atoms in total. The standard InChI is InChI=1S/C15H30N2O3/c1-14(2,6-9-16)5-4-13(18)17(3)12-15(19)7-10-20-11-8-15/h19H,4-12,16H2,1-3H3. The zero-order valence-corrected chi connectivity index (χ0v) is 13.2. The normalized spacial score (nSPS) is 18.9. The molecule has 5 heteroatoms. The minimum absolute atomic E-state index is 0.0926. The molecule has 1 aliphatic heterocycles. The van der Waals surface area contributed by atoms with Gasteiger partial charge in [-0.05, 0) is 24.8 Å². The first-order chi connectivity index (χ1) is 9.28. The van der Waals surface area contributed by atoms with E-state index in [0.29, 0.717) is 45.6 Å². The average Bonchev–Trinajstić information content (AvgIpc) is 2.36. The lowest BCUT2D eigenvalue weighted by molar-refractivity contribution is -0.137. The Morgan fingerprint density at radius 1 is 1.35 bits per heavy atom. The number of amides is 1. The van der Waals surface area contributed by atoms with Gasteiger partial charge < -0.3 is 20.5 Å². The molecule has 1 fully saturated rings. The molecule has 0 radical (unpaired) electrons. The van der Waals surface area contributed by atoms with E-state index in [0.717, 1.165) is 12.8 Å². The number of likely N-dealkylation sites (N-methyl/N-ethyl adjacent to an activating group) is 1. The van der Waals surface area contributed by atoms with Crippen LogP contribution in [0, 0.1) is 5.41 Å². The van der Waals surface area contributed by atoms with Gasteiger partial charge in [-0.3, -0.25) is 4.79 Å². The molecule has 0 unspecified atom stereocenters. The first-order valence-electron chi connectivity index (χ1n) is 7.52. The molecule has 118 valence electrons. The van der Waals surface area contributed by atoms with Crippen LogP contribution in [0.5, 0.6) is 0 Å². The van der Waals surface area contributed by atoms with Crippen LogP contribution >= 0.6 is 0 Å². The lowest BCUT2D eigenvalue weighted by Crippen LogP contribution is -2.47. The molecule has 1 amide bonds. The summed E-state index contributed by atoms with van der Waals surface area (Å²) in [5.41, 5.74) is 4.90. The van der Waals surface area contributed by atoms with Crippen LogP contribution in [-0.2, 0) is 9.53 Å². The molecule has 1 saturated heterocycles. The van der Waals surface area contributed by atoms with Crippen molar-refractivity contribution in [2.45, 2.75) is 51.6 Å². The zero-order chi connectivity index (χ0) is 15.2. The Labute approximate surface area is 122 Å². The van der Waals surface area contributed by atoms with Gasteiger partial charge >= 0.3 is 0 Å². The molecular formula is C15H30N2O3. The highest BCUT2D eigenvalue weighted by Crippen LogP contribution is 2.27. The molecular weight excluding hydrogens is 256 g/mol. The number of hydrogen-bond acceptors (Lipinski definition) is 4. The van der Waals surface area contributed by atoms with E-state index in [2.05, 4.69) is 13.8 Å². The van der Waals surface area contributed by atoms with Gasteiger partial charge in [-0.1, -0.05) is 13.8 Å². The molecule has 0 aromatic heterocycles. The summed E-state index contributed by atoms with van der Waals surface area (Å²) >= 11 is 0. The van der Waals surface area contributed by atoms with Crippen LogP contribution in [0.4, 0.5) is 0 Å². The Morgan fingerprint density at radius 2 is 1.95 bits per heavy atom. The lowest BCUT2D eigenvalue weighted by Gasteiger charge is -2.35. The second-order valence-corrected chi connectivity index (χ2v) is 6.79. The predicted octanol–water partition coefficient (Wildman–Crippen LogP) is 1.14. The van der Waals surface area contributed by atoms with Crippen LogP contribution < -0.4 is 5.73 Å². The quantitative estimate of drug-likeness (QED) is 0.736. The number of aliphatic hydroxyl groups is 1. The number of carbonyl (C=O) groups is 1. The largest absolute Gasteiger partial charge is 0.388 e. The van der Waals surface area contributed by atoms with Crippen molar-refractivity contribution in [2.75, 3.05) is 33.4 Å². The smallest absolute Gasteiger partial charge is 0.222 e. The van der Waals surface area contributed by atoms with Crippen LogP contribution in [0.3, 0.4) is 0 Å². The number of rotatable bonds is 7. The minimum atomic E-state index is -0.782. The van der Waals surface area contributed by atoms with Gasteiger partial charge in [0.05, 0.1) is 5.60 Å². The van der Waals surface area contributed by atoms with E-state index in [1.807, 2.05) is 0 Å². The number of hydrogen-bond donors (Lipinski definition) is 2. The van der Waals surface area contributed by atoms with Gasteiger partial charge in [-0.25, -0.2) is 0 Å². The molecule has 0 aromatic carbocycles. The zero-order valence-electron chi connectivity index (χ0n) is 13.2. The van der Waals surface area contributed by atoms with Crippen LogP contribution in [0.25, 0.3) is 0 Å². The summed E-state index contributed by atoms with van der Waals surface area (Å²) in [6, 6.07) is 0. The van der Waals surface area contributed by atoms with Crippen molar-refractivity contribution in [1.82, 2.24) is 4.90 Å². The second-order valence-electron chi connectivity index (χ2n) is 6.79. The van der Waals surface area contributed by atoms with Gasteiger partial charge in [-0.15, -0.1) is 0 Å². The van der Waals surface area contributed by atoms with Crippen LogP contribution in [0.15, 0.2) is 0 Å². The van der Waals surface area contributed by atoms with E-state index in [1.54, 1.807) is 11.9 Å². The Balaban J connectivity index is 2.39. The van der Waals surface area contributed by atoms with Crippen molar-refractivity contribution in [3.8, 4) is 0 Å². The fourth-order valence-electron chi connectivity index (χ4n) is 2.59. The Hall–Kier alpha value is -0.650. The van der Waals surface area contributed by atoms with E-state index in [-0.39, 0.29) is 11.3 Å². The molecule has 1 rings (SSSR count). The summed E-state index contributed by atoms with van der Waals surface area (Å²) in [7, 11) is 1.77. The third-order valence-corrected chi connectivity index (χ3v) is 4.22. The van der Waals surface area contributed by atoms with Crippen LogP contribution in [0.2, 0.25) is 0 Å². The first kappa shape index (κ1) is 17.4. The van der Waals surface area contributed by atoms with E-state index in [1.165, 1.54) is 0 Å². The number of ether oxygens (including phenoxy) is 1. The molecule has 20 heavy (non-hydrogen) atoms. The molecule has 0 spiro atoms. The maximum absolute atomic E-state index is 12.2. The van der Waals surface area contributed by atoms with E-state index >= 15 is 0 Å². The average molecular weight is 286 g/mol. The summed E-state index contributed by atoms with van der Waals surface area (Å²) in [5, 5.41) is 10.4.